The molecule has 2 heterocycles. The number of halogens is 1. The monoisotopic (exact) mass is 449 g/mol. The average Bonchev–Trinajstić information content (AvgIpc) is 2.68. The van der Waals surface area contributed by atoms with Gasteiger partial charge < -0.3 is 20.1 Å². The molecule has 0 spiro atoms. The molecule has 1 saturated heterocycles. The molecule has 3 N–H and O–H groups in total. The Morgan fingerprint density at radius 2 is 2.14 bits per heavy atom. The lowest BCUT2D eigenvalue weighted by Crippen LogP contribution is -2.46. The molecule has 8 nitrogen and oxygen atoms in total. The van der Waals surface area contributed by atoms with Gasteiger partial charge in [-0.1, -0.05) is 15.9 Å². The number of morpholine rings is 1. The van der Waals surface area contributed by atoms with E-state index < -0.39 is 6.03 Å². The summed E-state index contributed by atoms with van der Waals surface area (Å²) in [4.78, 5) is 20.6. The third-order valence-electron chi connectivity index (χ3n) is 4.32. The molecule has 1 aromatic heterocycles. The Balaban J connectivity index is 1.72. The molecule has 0 aliphatic carbocycles. The summed E-state index contributed by atoms with van der Waals surface area (Å²) in [5.41, 5.74) is 2.32. The highest BCUT2D eigenvalue weighted by molar-refractivity contribution is 9.10. The minimum absolute atomic E-state index is 0.0535. The van der Waals surface area contributed by atoms with Gasteiger partial charge in [0, 0.05) is 17.6 Å². The number of ether oxygens (including phenoxy) is 2. The third kappa shape index (κ3) is 5.40. The fourth-order valence-electron chi connectivity index (χ4n) is 2.74. The SMILES string of the molecule is Cc1cnc(NC(=O)Nc2cc(Br)c(C)cc2OC(C)C2CNCCO2)cn1. The van der Waals surface area contributed by atoms with E-state index in [9.17, 15) is 4.79 Å². The van der Waals surface area contributed by atoms with E-state index in [1.54, 1.807) is 6.20 Å². The van der Waals surface area contributed by atoms with Crippen LogP contribution in [0.5, 0.6) is 5.75 Å². The van der Waals surface area contributed by atoms with Gasteiger partial charge in [0.25, 0.3) is 0 Å². The van der Waals surface area contributed by atoms with Gasteiger partial charge in [-0.15, -0.1) is 0 Å². The Kier molecular flexibility index (Phi) is 6.82. The lowest BCUT2D eigenvalue weighted by atomic mass is 10.1. The zero-order valence-electron chi connectivity index (χ0n) is 16.1. The molecule has 3 rings (SSSR count). The van der Waals surface area contributed by atoms with Crippen molar-refractivity contribution < 1.29 is 14.3 Å². The van der Waals surface area contributed by atoms with Crippen molar-refractivity contribution in [3.63, 3.8) is 0 Å². The summed E-state index contributed by atoms with van der Waals surface area (Å²) < 4.78 is 12.8. The van der Waals surface area contributed by atoms with E-state index in [1.165, 1.54) is 6.20 Å². The van der Waals surface area contributed by atoms with Gasteiger partial charge >= 0.3 is 6.03 Å². The minimum atomic E-state index is -0.429. The molecule has 9 heteroatoms. The number of aryl methyl sites for hydroxylation is 2. The predicted octanol–water partition coefficient (Wildman–Crippen LogP) is 3.26. The topological polar surface area (TPSA) is 97.4 Å². The number of amides is 2. The molecule has 150 valence electrons. The Morgan fingerprint density at radius 3 is 2.82 bits per heavy atom. The van der Waals surface area contributed by atoms with Crippen molar-refractivity contribution in [2.75, 3.05) is 30.3 Å². The highest BCUT2D eigenvalue weighted by Gasteiger charge is 2.23. The lowest BCUT2D eigenvalue weighted by Gasteiger charge is -2.29. The van der Waals surface area contributed by atoms with Gasteiger partial charge in [0.05, 0.1) is 30.4 Å². The maximum atomic E-state index is 12.4. The van der Waals surface area contributed by atoms with Crippen molar-refractivity contribution in [1.82, 2.24) is 15.3 Å². The van der Waals surface area contributed by atoms with Crippen molar-refractivity contribution in [2.24, 2.45) is 0 Å². The highest BCUT2D eigenvalue weighted by Crippen LogP contribution is 2.32. The molecular weight excluding hydrogens is 426 g/mol. The second-order valence-electron chi connectivity index (χ2n) is 6.66. The van der Waals surface area contributed by atoms with E-state index >= 15 is 0 Å². The van der Waals surface area contributed by atoms with Gasteiger partial charge in [-0.2, -0.15) is 0 Å². The smallest absolute Gasteiger partial charge is 0.325 e. The molecule has 1 fully saturated rings. The molecule has 1 aliphatic heterocycles. The Morgan fingerprint density at radius 1 is 1.32 bits per heavy atom. The summed E-state index contributed by atoms with van der Waals surface area (Å²) >= 11 is 3.50. The van der Waals surface area contributed by atoms with Gasteiger partial charge in [-0.05, 0) is 38.5 Å². The van der Waals surface area contributed by atoms with Crippen LogP contribution in [0.3, 0.4) is 0 Å². The van der Waals surface area contributed by atoms with Crippen LogP contribution in [0.25, 0.3) is 0 Å². The van der Waals surface area contributed by atoms with E-state index in [0.29, 0.717) is 23.9 Å². The summed E-state index contributed by atoms with van der Waals surface area (Å²) in [6.07, 6.45) is 2.86. The minimum Gasteiger partial charge on any atom is -0.486 e. The fraction of sp³-hybridized carbons (Fsp3) is 0.421. The maximum absolute atomic E-state index is 12.4. The van der Waals surface area contributed by atoms with Crippen LogP contribution in [0.2, 0.25) is 0 Å². The number of benzene rings is 1. The number of nitrogens with one attached hydrogen (secondary N) is 3. The quantitative estimate of drug-likeness (QED) is 0.647. The molecule has 2 unspecified atom stereocenters. The van der Waals surface area contributed by atoms with Crippen LogP contribution in [0.1, 0.15) is 18.2 Å². The van der Waals surface area contributed by atoms with Crippen LogP contribution >= 0.6 is 15.9 Å². The predicted molar refractivity (Wildman–Crippen MR) is 111 cm³/mol. The first-order valence-electron chi connectivity index (χ1n) is 9.08. The largest absolute Gasteiger partial charge is 0.486 e. The number of hydrogen-bond donors (Lipinski definition) is 3. The van der Waals surface area contributed by atoms with E-state index in [-0.39, 0.29) is 12.2 Å². The normalized spacial score (nSPS) is 17.6. The fourth-order valence-corrected chi connectivity index (χ4v) is 3.08. The number of hydrogen-bond acceptors (Lipinski definition) is 6. The third-order valence-corrected chi connectivity index (χ3v) is 5.18. The Bertz CT molecular complexity index is 825. The Labute approximate surface area is 172 Å². The summed E-state index contributed by atoms with van der Waals surface area (Å²) in [6.45, 7) is 7.98. The number of urea groups is 1. The number of nitrogens with zero attached hydrogens (tertiary/aromatic N) is 2. The van der Waals surface area contributed by atoms with Crippen LogP contribution in [0, 0.1) is 13.8 Å². The number of carbonyl (C=O) groups excluding carboxylic acids is 1. The van der Waals surface area contributed by atoms with Crippen molar-refractivity contribution in [1.29, 1.82) is 0 Å². The van der Waals surface area contributed by atoms with Crippen LogP contribution in [-0.4, -0.2) is 47.9 Å². The van der Waals surface area contributed by atoms with Crippen molar-refractivity contribution in [2.45, 2.75) is 33.0 Å². The van der Waals surface area contributed by atoms with Crippen LogP contribution in [-0.2, 0) is 4.74 Å². The average molecular weight is 450 g/mol. The van der Waals surface area contributed by atoms with E-state index in [4.69, 9.17) is 9.47 Å². The van der Waals surface area contributed by atoms with Crippen molar-refractivity contribution in [3.05, 3.63) is 40.3 Å². The summed E-state index contributed by atoms with van der Waals surface area (Å²) in [6, 6.07) is 3.28. The molecule has 2 aromatic rings. The van der Waals surface area contributed by atoms with Gasteiger partial charge in [0.15, 0.2) is 5.82 Å². The van der Waals surface area contributed by atoms with Gasteiger partial charge in [0.1, 0.15) is 18.0 Å². The van der Waals surface area contributed by atoms with Gasteiger partial charge in [-0.25, -0.2) is 9.78 Å². The van der Waals surface area contributed by atoms with Crippen molar-refractivity contribution >= 4 is 33.5 Å². The number of aromatic nitrogens is 2. The first kappa shape index (κ1) is 20.5. The van der Waals surface area contributed by atoms with Crippen LogP contribution in [0.4, 0.5) is 16.3 Å². The molecule has 0 bridgehead atoms. The molecule has 1 aromatic carbocycles. The molecule has 0 saturated carbocycles. The number of rotatable bonds is 5. The lowest BCUT2D eigenvalue weighted by molar-refractivity contribution is -0.0348. The second-order valence-corrected chi connectivity index (χ2v) is 7.51. The van der Waals surface area contributed by atoms with Crippen LogP contribution < -0.4 is 20.7 Å². The zero-order chi connectivity index (χ0) is 20.1. The van der Waals surface area contributed by atoms with Gasteiger partial charge in [-0.3, -0.25) is 10.3 Å². The maximum Gasteiger partial charge on any atom is 0.325 e. The zero-order valence-corrected chi connectivity index (χ0v) is 17.7. The summed E-state index contributed by atoms with van der Waals surface area (Å²) in [7, 11) is 0. The van der Waals surface area contributed by atoms with E-state index in [1.807, 2.05) is 32.9 Å². The van der Waals surface area contributed by atoms with Gasteiger partial charge in [0.2, 0.25) is 0 Å². The first-order chi connectivity index (χ1) is 13.4. The van der Waals surface area contributed by atoms with Crippen molar-refractivity contribution in [3.8, 4) is 5.75 Å². The van der Waals surface area contributed by atoms with E-state index in [0.717, 1.165) is 28.8 Å². The number of anilines is 2. The van der Waals surface area contributed by atoms with E-state index in [2.05, 4.69) is 41.8 Å². The molecule has 28 heavy (non-hydrogen) atoms. The summed E-state index contributed by atoms with van der Waals surface area (Å²) in [5.74, 6) is 0.944. The second kappa shape index (κ2) is 9.31. The Hall–Kier alpha value is -2.23. The first-order valence-corrected chi connectivity index (χ1v) is 9.87. The molecule has 1 aliphatic rings. The molecule has 0 radical (unpaired) electrons. The standard InChI is InChI=1S/C19H24BrN5O3/c1-11-6-16(28-13(3)17-9-21-4-5-27-17)15(7-14(11)20)24-19(26)25-18-10-22-12(2)8-23-18/h6-8,10,13,17,21H,4-5,9H2,1-3H3,(H2,23,24,25,26). The number of carbonyl (C=O) groups is 1. The molecule has 2 amide bonds. The highest BCUT2D eigenvalue weighted by atomic mass is 79.9. The molecular formula is C19H24BrN5O3. The summed E-state index contributed by atoms with van der Waals surface area (Å²) in [5, 5.41) is 8.78. The van der Waals surface area contributed by atoms with Crippen LogP contribution in [0.15, 0.2) is 29.0 Å². The molecule has 2 atom stereocenters.